The third-order valence-corrected chi connectivity index (χ3v) is 8.02. The zero-order valence-corrected chi connectivity index (χ0v) is 23.7. The maximum Gasteiger partial charge on any atom is 0.149 e. The summed E-state index contributed by atoms with van der Waals surface area (Å²) in [6.07, 6.45) is 0. The largest absolute Gasteiger partial charge is 0.455 e. The molecule has 0 saturated carbocycles. The van der Waals surface area contributed by atoms with Crippen LogP contribution in [0.25, 0.3) is 61.2 Å². The van der Waals surface area contributed by atoms with E-state index in [1.165, 1.54) is 28.3 Å². The molecular weight excluding hydrogens is 507 g/mol. The fraction of sp³-hybridized carbons (Fsp3) is 0.162. The van der Waals surface area contributed by atoms with Crippen LogP contribution in [0.1, 0.15) is 50.7 Å². The lowest BCUT2D eigenvalue weighted by Gasteiger charge is -2.24. The van der Waals surface area contributed by atoms with E-state index in [1.54, 1.807) is 6.07 Å². The number of para-hydroxylation sites is 3. The second kappa shape index (κ2) is 9.74. The number of furan rings is 1. The summed E-state index contributed by atoms with van der Waals surface area (Å²) >= 11 is 0. The number of imidazole rings is 1. The Morgan fingerprint density at radius 1 is 0.707 bits per heavy atom. The van der Waals surface area contributed by atoms with E-state index in [4.69, 9.17) is 9.40 Å². The van der Waals surface area contributed by atoms with Crippen LogP contribution in [0.4, 0.5) is 4.39 Å². The Labute approximate surface area is 238 Å². The highest BCUT2D eigenvalue weighted by molar-refractivity contribution is 6.09. The normalized spacial score (nSPS) is 12.0. The van der Waals surface area contributed by atoms with Gasteiger partial charge in [0.15, 0.2) is 0 Å². The van der Waals surface area contributed by atoms with Crippen LogP contribution in [-0.4, -0.2) is 9.55 Å². The van der Waals surface area contributed by atoms with E-state index in [0.717, 1.165) is 33.5 Å². The quantitative estimate of drug-likeness (QED) is 0.218. The smallest absolute Gasteiger partial charge is 0.149 e. The second-order valence-corrected chi connectivity index (χ2v) is 11.3. The maximum atomic E-state index is 15.0. The molecule has 0 amide bonds. The fourth-order valence-electron chi connectivity index (χ4n) is 6.03. The third kappa shape index (κ3) is 4.05. The van der Waals surface area contributed by atoms with Crippen LogP contribution >= 0.6 is 0 Å². The molecule has 41 heavy (non-hydrogen) atoms. The van der Waals surface area contributed by atoms with E-state index in [-0.39, 0.29) is 17.7 Å². The van der Waals surface area contributed by atoms with Crippen molar-refractivity contribution in [3.8, 4) is 28.2 Å². The van der Waals surface area contributed by atoms with E-state index in [0.29, 0.717) is 16.6 Å². The van der Waals surface area contributed by atoms with Gasteiger partial charge in [-0.25, -0.2) is 9.37 Å². The van der Waals surface area contributed by atoms with Gasteiger partial charge in [0, 0.05) is 5.39 Å². The number of halogens is 1. The van der Waals surface area contributed by atoms with Crippen LogP contribution in [-0.2, 0) is 0 Å². The molecule has 0 fully saturated rings. The topological polar surface area (TPSA) is 31.0 Å². The highest BCUT2D eigenvalue weighted by Gasteiger charge is 2.25. The zero-order valence-electron chi connectivity index (χ0n) is 23.7. The van der Waals surface area contributed by atoms with Gasteiger partial charge >= 0.3 is 0 Å². The molecule has 4 heteroatoms. The molecule has 5 aromatic carbocycles. The highest BCUT2D eigenvalue weighted by Crippen LogP contribution is 2.42. The van der Waals surface area contributed by atoms with Gasteiger partial charge < -0.3 is 4.42 Å². The molecule has 202 valence electrons. The van der Waals surface area contributed by atoms with Crippen molar-refractivity contribution in [1.82, 2.24) is 9.55 Å². The van der Waals surface area contributed by atoms with Crippen LogP contribution in [0, 0.1) is 5.82 Å². The molecule has 0 N–H and O–H groups in total. The number of benzene rings is 5. The average Bonchev–Trinajstić information content (AvgIpc) is 3.56. The summed E-state index contributed by atoms with van der Waals surface area (Å²) in [4.78, 5) is 5.19. The van der Waals surface area contributed by atoms with Crippen molar-refractivity contribution in [3.63, 3.8) is 0 Å². The highest BCUT2D eigenvalue weighted by atomic mass is 19.1. The van der Waals surface area contributed by atoms with Gasteiger partial charge in [-0.2, -0.15) is 0 Å². The van der Waals surface area contributed by atoms with Crippen LogP contribution < -0.4 is 0 Å². The number of aromatic nitrogens is 2. The minimum atomic E-state index is -0.285. The van der Waals surface area contributed by atoms with Crippen molar-refractivity contribution in [3.05, 3.63) is 120 Å². The molecule has 0 aliphatic carbocycles. The number of nitrogens with zero attached hydrogens (tertiary/aromatic N) is 2. The number of hydrogen-bond donors (Lipinski definition) is 0. The van der Waals surface area contributed by atoms with E-state index >= 15 is 0 Å². The summed E-state index contributed by atoms with van der Waals surface area (Å²) in [5.41, 5.74) is 10.0. The number of rotatable bonds is 5. The summed E-state index contributed by atoms with van der Waals surface area (Å²) in [6.45, 7) is 9.00. The molecule has 7 aromatic rings. The minimum absolute atomic E-state index is 0.260. The minimum Gasteiger partial charge on any atom is -0.455 e. The molecule has 7 rings (SSSR count). The summed E-state index contributed by atoms with van der Waals surface area (Å²) in [5.74, 6) is 1.02. The van der Waals surface area contributed by atoms with Crippen LogP contribution in [0.3, 0.4) is 0 Å². The molecule has 0 radical (unpaired) electrons. The van der Waals surface area contributed by atoms with Gasteiger partial charge in [0.25, 0.3) is 0 Å². The van der Waals surface area contributed by atoms with E-state index in [9.17, 15) is 4.39 Å². The first-order valence-electron chi connectivity index (χ1n) is 14.2. The Morgan fingerprint density at radius 2 is 1.39 bits per heavy atom. The van der Waals surface area contributed by atoms with Crippen molar-refractivity contribution in [2.45, 2.75) is 39.5 Å². The molecule has 0 atom stereocenters. The fourth-order valence-corrected chi connectivity index (χ4v) is 6.03. The predicted molar refractivity (Wildman–Crippen MR) is 167 cm³/mol. The summed E-state index contributed by atoms with van der Waals surface area (Å²) < 4.78 is 23.6. The molecule has 0 aliphatic heterocycles. The summed E-state index contributed by atoms with van der Waals surface area (Å²) in [7, 11) is 0. The van der Waals surface area contributed by atoms with Crippen molar-refractivity contribution >= 4 is 33.0 Å². The van der Waals surface area contributed by atoms with E-state index in [2.05, 4.69) is 92.9 Å². The maximum absolute atomic E-state index is 15.0. The van der Waals surface area contributed by atoms with E-state index in [1.807, 2.05) is 30.3 Å². The van der Waals surface area contributed by atoms with Gasteiger partial charge in [-0.3, -0.25) is 4.57 Å². The molecular formula is C37H31FN2O. The molecule has 2 heterocycles. The summed E-state index contributed by atoms with van der Waals surface area (Å²) in [6, 6.07) is 34.4. The molecule has 2 aromatic heterocycles. The Morgan fingerprint density at radius 3 is 2.12 bits per heavy atom. The van der Waals surface area contributed by atoms with Crippen molar-refractivity contribution in [1.29, 1.82) is 0 Å². The Balaban J connectivity index is 1.60. The van der Waals surface area contributed by atoms with Crippen LogP contribution in [0.2, 0.25) is 0 Å². The molecule has 3 nitrogen and oxygen atoms in total. The molecule has 0 saturated heterocycles. The van der Waals surface area contributed by atoms with Gasteiger partial charge in [-0.1, -0.05) is 88.4 Å². The molecule has 0 unspecified atom stereocenters. The third-order valence-electron chi connectivity index (χ3n) is 8.02. The lowest BCUT2D eigenvalue weighted by atomic mass is 9.88. The summed E-state index contributed by atoms with van der Waals surface area (Å²) in [5, 5.41) is 1.26. The predicted octanol–water partition coefficient (Wildman–Crippen LogP) is 10.6. The Hall–Kier alpha value is -4.70. The Kier molecular flexibility index (Phi) is 6.01. The number of hydrogen-bond acceptors (Lipinski definition) is 2. The standard InChI is InChI=1S/C37H31FN2O/c1-22(2)28-20-25(24-12-6-5-7-13-24)21-29(23(3)4)35(28)40-32-18-9-8-17-31(32)39-37(40)27-15-10-14-26-34-30(38)16-11-19-33(34)41-36(26)27/h5-23H,1-4H3. The second-order valence-electron chi connectivity index (χ2n) is 11.3. The van der Waals surface area contributed by atoms with Crippen molar-refractivity contribution < 1.29 is 8.81 Å². The lowest BCUT2D eigenvalue weighted by molar-refractivity contribution is 0.634. The average molecular weight is 539 g/mol. The van der Waals surface area contributed by atoms with E-state index < -0.39 is 0 Å². The van der Waals surface area contributed by atoms with Crippen LogP contribution in [0.15, 0.2) is 108 Å². The first-order chi connectivity index (χ1) is 19.9. The van der Waals surface area contributed by atoms with Gasteiger partial charge in [-0.05, 0) is 76.6 Å². The van der Waals surface area contributed by atoms with Gasteiger partial charge in [0.2, 0.25) is 0 Å². The zero-order chi connectivity index (χ0) is 28.2. The molecule has 0 bridgehead atoms. The van der Waals surface area contributed by atoms with Gasteiger partial charge in [0.05, 0.1) is 27.7 Å². The SMILES string of the molecule is CC(C)c1cc(-c2ccccc2)cc(C(C)C)c1-n1c(-c2cccc3c2oc2cccc(F)c23)nc2ccccc21. The molecule has 0 aliphatic rings. The monoisotopic (exact) mass is 538 g/mol. The van der Waals surface area contributed by atoms with Gasteiger partial charge in [0.1, 0.15) is 22.8 Å². The first-order valence-corrected chi connectivity index (χ1v) is 14.2. The number of fused-ring (bicyclic) bond motifs is 4. The Bertz CT molecular complexity index is 2040. The van der Waals surface area contributed by atoms with Gasteiger partial charge in [-0.15, -0.1) is 0 Å². The lowest BCUT2D eigenvalue weighted by Crippen LogP contribution is -2.09. The first kappa shape index (κ1) is 25.3. The van der Waals surface area contributed by atoms with Crippen LogP contribution in [0.5, 0.6) is 0 Å². The van der Waals surface area contributed by atoms with Crippen molar-refractivity contribution in [2.24, 2.45) is 0 Å². The molecule has 0 spiro atoms. The van der Waals surface area contributed by atoms with Crippen molar-refractivity contribution in [2.75, 3.05) is 0 Å².